The summed E-state index contributed by atoms with van der Waals surface area (Å²) < 4.78 is 1.14. The van der Waals surface area contributed by atoms with Crippen molar-refractivity contribution in [3.05, 3.63) is 34.4 Å². The van der Waals surface area contributed by atoms with Crippen LogP contribution in [0.4, 0.5) is 0 Å². The zero-order chi connectivity index (χ0) is 12.5. The fraction of sp³-hybridized carbons (Fsp3) is 0.429. The van der Waals surface area contributed by atoms with E-state index in [1.165, 1.54) is 29.7 Å². The van der Waals surface area contributed by atoms with Gasteiger partial charge in [-0.25, -0.2) is 0 Å². The number of fused-ring (bicyclic) bond motifs is 1. The van der Waals surface area contributed by atoms with Crippen molar-refractivity contribution >= 4 is 26.8 Å². The van der Waals surface area contributed by atoms with E-state index >= 15 is 0 Å². The first-order valence-corrected chi connectivity index (χ1v) is 7.19. The number of H-pyrrole nitrogens is 1. The molecule has 96 valence electrons. The van der Waals surface area contributed by atoms with Gasteiger partial charge in [0.25, 0.3) is 0 Å². The fourth-order valence-electron chi connectivity index (χ4n) is 2.51. The molecule has 1 N–H and O–H groups in total. The second kappa shape index (κ2) is 5.03. The molecule has 1 aliphatic heterocycles. The van der Waals surface area contributed by atoms with E-state index in [1.54, 1.807) is 0 Å². The van der Waals surface area contributed by atoms with E-state index in [0.29, 0.717) is 0 Å². The predicted octanol–water partition coefficient (Wildman–Crippen LogP) is 2.68. The van der Waals surface area contributed by atoms with Crippen LogP contribution in [0.2, 0.25) is 0 Å². The first-order valence-electron chi connectivity index (χ1n) is 6.39. The molecule has 2 heterocycles. The van der Waals surface area contributed by atoms with Crippen LogP contribution in [0, 0.1) is 0 Å². The minimum Gasteiger partial charge on any atom is -0.356 e. The topological polar surface area (TPSA) is 22.3 Å². The number of benzene rings is 1. The van der Waals surface area contributed by atoms with Gasteiger partial charge in [-0.15, -0.1) is 0 Å². The van der Waals surface area contributed by atoms with Gasteiger partial charge >= 0.3 is 0 Å². The Labute approximate surface area is 116 Å². The Balaban J connectivity index is 1.77. The van der Waals surface area contributed by atoms with Crippen molar-refractivity contribution in [3.8, 4) is 0 Å². The summed E-state index contributed by atoms with van der Waals surface area (Å²) in [5.41, 5.74) is 2.52. The van der Waals surface area contributed by atoms with Crippen molar-refractivity contribution in [2.24, 2.45) is 0 Å². The molecule has 4 heteroatoms. The van der Waals surface area contributed by atoms with E-state index in [1.807, 2.05) is 0 Å². The van der Waals surface area contributed by atoms with Crippen LogP contribution in [0.15, 0.2) is 28.7 Å². The number of halogens is 1. The number of piperazine rings is 1. The van der Waals surface area contributed by atoms with Gasteiger partial charge in [0.1, 0.15) is 0 Å². The minimum atomic E-state index is 1.02. The summed E-state index contributed by atoms with van der Waals surface area (Å²) >= 11 is 3.59. The van der Waals surface area contributed by atoms with E-state index in [9.17, 15) is 0 Å². The number of aromatic nitrogens is 1. The standard InChI is InChI=1S/C14H18BrN3/c1-17-5-7-18(8-6-17)10-12-9-11-3-2-4-13(15)14(11)16-12/h2-4,9,16H,5-8,10H2,1H3. The normalized spacial score (nSPS) is 18.6. The van der Waals surface area contributed by atoms with Crippen LogP contribution in [-0.4, -0.2) is 48.0 Å². The summed E-state index contributed by atoms with van der Waals surface area (Å²) in [5.74, 6) is 0. The molecule has 18 heavy (non-hydrogen) atoms. The van der Waals surface area contributed by atoms with Gasteiger partial charge in [0, 0.05) is 48.3 Å². The molecule has 0 radical (unpaired) electrons. The Morgan fingerprint density at radius 3 is 2.72 bits per heavy atom. The van der Waals surface area contributed by atoms with Gasteiger partial charge < -0.3 is 9.88 Å². The number of hydrogen-bond donors (Lipinski definition) is 1. The van der Waals surface area contributed by atoms with Crippen molar-refractivity contribution in [3.63, 3.8) is 0 Å². The summed E-state index contributed by atoms with van der Waals surface area (Å²) in [5, 5.41) is 1.29. The van der Waals surface area contributed by atoms with Crippen molar-refractivity contribution in [1.29, 1.82) is 0 Å². The number of rotatable bonds is 2. The molecule has 2 aromatic rings. The number of nitrogens with one attached hydrogen (secondary N) is 1. The average molecular weight is 308 g/mol. The van der Waals surface area contributed by atoms with Gasteiger partial charge in [-0.05, 0) is 35.1 Å². The maximum absolute atomic E-state index is 3.59. The lowest BCUT2D eigenvalue weighted by Gasteiger charge is -2.31. The van der Waals surface area contributed by atoms with Gasteiger partial charge in [0.05, 0.1) is 5.52 Å². The van der Waals surface area contributed by atoms with E-state index < -0.39 is 0 Å². The molecular weight excluding hydrogens is 290 g/mol. The van der Waals surface area contributed by atoms with Crippen LogP contribution < -0.4 is 0 Å². The lowest BCUT2D eigenvalue weighted by molar-refractivity contribution is 0.147. The largest absolute Gasteiger partial charge is 0.356 e. The SMILES string of the molecule is CN1CCN(Cc2cc3cccc(Br)c3[nH]2)CC1. The quantitative estimate of drug-likeness (QED) is 0.921. The lowest BCUT2D eigenvalue weighted by Crippen LogP contribution is -2.43. The highest BCUT2D eigenvalue weighted by molar-refractivity contribution is 9.10. The van der Waals surface area contributed by atoms with Gasteiger partial charge in [-0.3, -0.25) is 4.90 Å². The van der Waals surface area contributed by atoms with Crippen molar-refractivity contribution in [1.82, 2.24) is 14.8 Å². The molecule has 0 spiro atoms. The van der Waals surface area contributed by atoms with Gasteiger partial charge in [-0.2, -0.15) is 0 Å². The van der Waals surface area contributed by atoms with Crippen molar-refractivity contribution < 1.29 is 0 Å². The summed E-state index contributed by atoms with van der Waals surface area (Å²) in [6.07, 6.45) is 0. The first kappa shape index (κ1) is 12.2. The third-order valence-corrected chi connectivity index (χ3v) is 4.31. The van der Waals surface area contributed by atoms with Crippen LogP contribution in [0.1, 0.15) is 5.69 Å². The molecule has 1 aromatic heterocycles. The Morgan fingerprint density at radius 1 is 1.22 bits per heavy atom. The molecular formula is C14H18BrN3. The highest BCUT2D eigenvalue weighted by Crippen LogP contribution is 2.24. The Bertz CT molecular complexity index is 541. The molecule has 0 saturated carbocycles. The molecule has 3 rings (SSSR count). The maximum atomic E-state index is 3.59. The predicted molar refractivity (Wildman–Crippen MR) is 78.8 cm³/mol. The molecule has 0 unspecified atom stereocenters. The molecule has 0 amide bonds. The highest BCUT2D eigenvalue weighted by Gasteiger charge is 2.14. The van der Waals surface area contributed by atoms with E-state index in [4.69, 9.17) is 0 Å². The summed E-state index contributed by atoms with van der Waals surface area (Å²) in [7, 11) is 2.19. The first-order chi connectivity index (χ1) is 8.72. The fourth-order valence-corrected chi connectivity index (χ4v) is 2.99. The van der Waals surface area contributed by atoms with Crippen LogP contribution >= 0.6 is 15.9 Å². The Morgan fingerprint density at radius 2 is 2.00 bits per heavy atom. The van der Waals surface area contributed by atoms with E-state index in [0.717, 1.165) is 24.1 Å². The number of likely N-dealkylation sites (N-methyl/N-ethyl adjacent to an activating group) is 1. The monoisotopic (exact) mass is 307 g/mol. The molecule has 3 nitrogen and oxygen atoms in total. The zero-order valence-electron chi connectivity index (χ0n) is 10.6. The van der Waals surface area contributed by atoms with Crippen LogP contribution in [0.3, 0.4) is 0 Å². The lowest BCUT2D eigenvalue weighted by atomic mass is 10.2. The molecule has 0 atom stereocenters. The highest BCUT2D eigenvalue weighted by atomic mass is 79.9. The van der Waals surface area contributed by atoms with Gasteiger partial charge in [-0.1, -0.05) is 12.1 Å². The van der Waals surface area contributed by atoms with Gasteiger partial charge in [0.2, 0.25) is 0 Å². The molecule has 0 aliphatic carbocycles. The smallest absolute Gasteiger partial charge is 0.0600 e. The van der Waals surface area contributed by atoms with Crippen LogP contribution in [-0.2, 0) is 6.54 Å². The number of para-hydroxylation sites is 1. The van der Waals surface area contributed by atoms with Crippen molar-refractivity contribution in [2.75, 3.05) is 33.2 Å². The number of aromatic amines is 1. The second-order valence-electron chi connectivity index (χ2n) is 5.08. The molecule has 1 aliphatic rings. The summed E-state index contributed by atoms with van der Waals surface area (Å²) in [4.78, 5) is 8.42. The minimum absolute atomic E-state index is 1.02. The summed E-state index contributed by atoms with van der Waals surface area (Å²) in [6, 6.07) is 8.58. The van der Waals surface area contributed by atoms with E-state index in [2.05, 4.69) is 62.0 Å². The third-order valence-electron chi connectivity index (χ3n) is 3.65. The van der Waals surface area contributed by atoms with Crippen LogP contribution in [0.25, 0.3) is 10.9 Å². The second-order valence-corrected chi connectivity index (χ2v) is 5.93. The number of hydrogen-bond acceptors (Lipinski definition) is 2. The average Bonchev–Trinajstić information content (AvgIpc) is 2.76. The van der Waals surface area contributed by atoms with E-state index in [-0.39, 0.29) is 0 Å². The van der Waals surface area contributed by atoms with Crippen LogP contribution in [0.5, 0.6) is 0 Å². The third kappa shape index (κ3) is 2.46. The van der Waals surface area contributed by atoms with Gasteiger partial charge in [0.15, 0.2) is 0 Å². The number of nitrogens with zero attached hydrogens (tertiary/aromatic N) is 2. The van der Waals surface area contributed by atoms with Crippen molar-refractivity contribution in [2.45, 2.75) is 6.54 Å². The maximum Gasteiger partial charge on any atom is 0.0600 e. The zero-order valence-corrected chi connectivity index (χ0v) is 12.2. The Hall–Kier alpha value is -0.840. The molecule has 0 bridgehead atoms. The Kier molecular flexibility index (Phi) is 3.41. The summed E-state index contributed by atoms with van der Waals surface area (Å²) in [6.45, 7) is 5.68. The molecule has 1 saturated heterocycles. The molecule has 1 aromatic carbocycles. The molecule has 1 fully saturated rings.